The van der Waals surface area contributed by atoms with Gasteiger partial charge in [-0.3, -0.25) is 13.9 Å². The Balaban J connectivity index is 0.00000171. The molecule has 1 saturated heterocycles. The summed E-state index contributed by atoms with van der Waals surface area (Å²) in [7, 11) is 3.34. The monoisotopic (exact) mass is 400 g/mol. The molecule has 0 bridgehead atoms. The molecule has 0 aliphatic carbocycles. The van der Waals surface area contributed by atoms with Gasteiger partial charge in [-0.15, -0.1) is 0 Å². The average molecular weight is 400 g/mol. The smallest absolute Gasteiger partial charge is 0.330 e. The zero-order chi connectivity index (χ0) is 20.5. The lowest BCUT2D eigenvalue weighted by atomic mass is 10.1. The molecule has 9 heteroatoms. The fraction of sp³-hybridized carbons (Fsp3) is 0.400. The Kier molecular flexibility index (Phi) is 5.06. The first-order valence-electron chi connectivity index (χ1n) is 9.61. The number of ether oxygens (including phenoxy) is 1. The normalized spacial score (nSPS) is 14.9. The molecule has 1 fully saturated rings. The first-order chi connectivity index (χ1) is 14.0. The van der Waals surface area contributed by atoms with E-state index in [2.05, 4.69) is 20.6 Å². The van der Waals surface area contributed by atoms with Crippen LogP contribution in [0.3, 0.4) is 0 Å². The lowest BCUT2D eigenvalue weighted by Crippen LogP contribution is -2.30. The van der Waals surface area contributed by atoms with E-state index in [1.165, 1.54) is 0 Å². The Morgan fingerprint density at radius 3 is 2.76 bits per heavy atom. The number of carbonyl (C=O) groups is 1. The summed E-state index contributed by atoms with van der Waals surface area (Å²) >= 11 is 0. The topological polar surface area (TPSA) is 103 Å². The number of hydrogen-bond donors (Lipinski definition) is 2. The van der Waals surface area contributed by atoms with Crippen LogP contribution < -0.4 is 16.3 Å². The first kappa shape index (κ1) is 19.1. The van der Waals surface area contributed by atoms with E-state index in [1.54, 1.807) is 41.6 Å². The predicted molar refractivity (Wildman–Crippen MR) is 114 cm³/mol. The molecule has 0 atom stereocenters. The fourth-order valence-electron chi connectivity index (χ4n) is 3.68. The molecule has 29 heavy (non-hydrogen) atoms. The van der Waals surface area contributed by atoms with Crippen LogP contribution in [-0.2, 0) is 11.8 Å². The maximum Gasteiger partial charge on any atom is 0.330 e. The van der Waals surface area contributed by atoms with Crippen molar-refractivity contribution < 1.29 is 12.4 Å². The quantitative estimate of drug-likeness (QED) is 0.697. The van der Waals surface area contributed by atoms with Crippen LogP contribution in [0, 0.1) is 6.92 Å². The molecule has 2 N–H and O–H groups in total. The Bertz CT molecular complexity index is 1140. The number of anilines is 2. The first-order valence-corrected chi connectivity index (χ1v) is 9.61. The van der Waals surface area contributed by atoms with Crippen molar-refractivity contribution in [3.63, 3.8) is 0 Å². The maximum atomic E-state index is 12.8. The second-order valence-corrected chi connectivity index (χ2v) is 7.19. The molecule has 0 unspecified atom stereocenters. The molecule has 1 aliphatic rings. The van der Waals surface area contributed by atoms with Gasteiger partial charge in [-0.25, -0.2) is 9.78 Å². The van der Waals surface area contributed by atoms with Gasteiger partial charge >= 0.3 is 5.69 Å². The number of benzene rings is 1. The van der Waals surface area contributed by atoms with E-state index < -0.39 is 0 Å². The summed E-state index contributed by atoms with van der Waals surface area (Å²) in [5.74, 6) is 0.266. The molecule has 0 saturated carbocycles. The van der Waals surface area contributed by atoms with Crippen molar-refractivity contribution in [3.05, 3.63) is 46.0 Å². The zero-order valence-corrected chi connectivity index (χ0v) is 16.7. The standard InChI is InChI=1S/C20H24N6O3.2H2/c1-12-10-13(18(27)21-2)4-5-15(12)23-19-22-11-16-17(24-19)26(20(28)25(16)3)14-6-8-29-9-7-14;;/h4-5,10-11,14H,6-9H2,1-3H3,(H,21,27)(H,22,23,24);2*1H. The van der Waals surface area contributed by atoms with Crippen molar-refractivity contribution in [2.45, 2.75) is 25.8 Å². The second-order valence-electron chi connectivity index (χ2n) is 7.19. The van der Waals surface area contributed by atoms with Gasteiger partial charge in [0.25, 0.3) is 5.91 Å². The van der Waals surface area contributed by atoms with Crippen LogP contribution in [-0.4, -0.2) is 45.3 Å². The third-order valence-corrected chi connectivity index (χ3v) is 5.35. The summed E-state index contributed by atoms with van der Waals surface area (Å²) in [5, 5.41) is 5.82. The van der Waals surface area contributed by atoms with Crippen molar-refractivity contribution in [3.8, 4) is 0 Å². The molecule has 3 aromatic rings. The van der Waals surface area contributed by atoms with E-state index in [9.17, 15) is 9.59 Å². The Labute approximate surface area is 170 Å². The van der Waals surface area contributed by atoms with E-state index in [1.807, 2.05) is 13.0 Å². The minimum Gasteiger partial charge on any atom is -0.381 e. The summed E-state index contributed by atoms with van der Waals surface area (Å²) in [6.45, 7) is 3.19. The third kappa shape index (κ3) is 3.49. The Morgan fingerprint density at radius 2 is 2.07 bits per heavy atom. The number of hydrogen-bond acceptors (Lipinski definition) is 6. The number of aryl methyl sites for hydroxylation is 2. The third-order valence-electron chi connectivity index (χ3n) is 5.35. The predicted octanol–water partition coefficient (Wildman–Crippen LogP) is 2.39. The summed E-state index contributed by atoms with van der Waals surface area (Å²) in [6, 6.07) is 5.44. The van der Waals surface area contributed by atoms with E-state index in [-0.39, 0.29) is 20.5 Å². The summed E-state index contributed by atoms with van der Waals surface area (Å²) in [5.41, 5.74) is 3.49. The van der Waals surface area contributed by atoms with Crippen LogP contribution in [0.4, 0.5) is 11.6 Å². The molecule has 1 aliphatic heterocycles. The molecule has 1 aromatic carbocycles. The van der Waals surface area contributed by atoms with Crippen molar-refractivity contribution in [2.24, 2.45) is 7.05 Å². The number of imidazole rings is 1. The average Bonchev–Trinajstić information content (AvgIpc) is 2.99. The van der Waals surface area contributed by atoms with Crippen LogP contribution in [0.15, 0.2) is 29.2 Å². The van der Waals surface area contributed by atoms with Crippen LogP contribution in [0.5, 0.6) is 0 Å². The van der Waals surface area contributed by atoms with Crippen molar-refractivity contribution in [1.82, 2.24) is 24.4 Å². The van der Waals surface area contributed by atoms with Crippen LogP contribution in [0.2, 0.25) is 0 Å². The van der Waals surface area contributed by atoms with Crippen LogP contribution >= 0.6 is 0 Å². The van der Waals surface area contributed by atoms with E-state index >= 15 is 0 Å². The van der Waals surface area contributed by atoms with Crippen LogP contribution in [0.25, 0.3) is 11.2 Å². The van der Waals surface area contributed by atoms with Crippen molar-refractivity contribution in [2.75, 3.05) is 25.6 Å². The number of rotatable bonds is 4. The molecule has 0 spiro atoms. The van der Waals surface area contributed by atoms with Crippen LogP contribution in [0.1, 0.15) is 37.7 Å². The molecule has 3 heterocycles. The van der Waals surface area contributed by atoms with E-state index in [0.717, 1.165) is 24.1 Å². The largest absolute Gasteiger partial charge is 0.381 e. The summed E-state index contributed by atoms with van der Waals surface area (Å²) in [6.07, 6.45) is 3.23. The minimum absolute atomic E-state index is 0. The highest BCUT2D eigenvalue weighted by Crippen LogP contribution is 2.25. The van der Waals surface area contributed by atoms with E-state index in [4.69, 9.17) is 4.74 Å². The van der Waals surface area contributed by atoms with Gasteiger partial charge in [0.2, 0.25) is 5.95 Å². The van der Waals surface area contributed by atoms with Crippen molar-refractivity contribution in [1.29, 1.82) is 0 Å². The molecule has 156 valence electrons. The molecule has 1 amide bonds. The highest BCUT2D eigenvalue weighted by molar-refractivity contribution is 5.94. The number of nitrogens with one attached hydrogen (secondary N) is 2. The van der Waals surface area contributed by atoms with Gasteiger partial charge in [0.15, 0.2) is 5.65 Å². The van der Waals surface area contributed by atoms with Gasteiger partial charge in [-0.1, -0.05) is 0 Å². The zero-order valence-electron chi connectivity index (χ0n) is 16.7. The van der Waals surface area contributed by atoms with Gasteiger partial charge in [0.1, 0.15) is 5.52 Å². The molecule has 0 radical (unpaired) electrons. The lowest BCUT2D eigenvalue weighted by molar-refractivity contribution is 0.0695. The highest BCUT2D eigenvalue weighted by atomic mass is 16.5. The van der Waals surface area contributed by atoms with Gasteiger partial charge < -0.3 is 15.4 Å². The number of aromatic nitrogens is 4. The summed E-state index contributed by atoms with van der Waals surface area (Å²) < 4.78 is 8.77. The summed E-state index contributed by atoms with van der Waals surface area (Å²) in [4.78, 5) is 33.6. The molecular weight excluding hydrogens is 372 g/mol. The van der Waals surface area contributed by atoms with Gasteiger partial charge in [0.05, 0.1) is 6.20 Å². The van der Waals surface area contributed by atoms with Gasteiger partial charge in [-0.2, -0.15) is 4.98 Å². The minimum atomic E-state index is -0.137. The highest BCUT2D eigenvalue weighted by Gasteiger charge is 2.23. The SMILES string of the molecule is CNC(=O)c1ccc(Nc2ncc3c(n2)n(C2CCOCC2)c(=O)n3C)c(C)c1.[HH].[HH]. The Hall–Kier alpha value is -3.20. The number of amides is 1. The molecule has 9 nitrogen and oxygen atoms in total. The maximum absolute atomic E-state index is 12.8. The fourth-order valence-corrected chi connectivity index (χ4v) is 3.68. The lowest BCUT2D eigenvalue weighted by Gasteiger charge is -2.22. The molecule has 4 rings (SSSR count). The van der Waals surface area contributed by atoms with E-state index in [0.29, 0.717) is 35.9 Å². The van der Waals surface area contributed by atoms with Crippen molar-refractivity contribution >= 4 is 28.7 Å². The second kappa shape index (κ2) is 7.67. The molecular formula is C20H28N6O3. The number of carbonyl (C=O) groups excluding carboxylic acids is 1. The van der Waals surface area contributed by atoms with Gasteiger partial charge in [0, 0.05) is 47.5 Å². The number of nitrogens with zero attached hydrogens (tertiary/aromatic N) is 4. The molecule has 2 aromatic heterocycles. The Morgan fingerprint density at radius 1 is 1.31 bits per heavy atom. The number of fused-ring (bicyclic) bond motifs is 1. The van der Waals surface area contributed by atoms with Gasteiger partial charge in [-0.05, 0) is 43.5 Å².